The molecule has 4 nitrogen and oxygen atoms in total. The summed E-state index contributed by atoms with van der Waals surface area (Å²) in [6, 6.07) is 12.1. The standard InChI is InChI=1S/C24H29Cl3N2O2S/c1-4-22(24(31)28-14-16(2)3)29(15-19-20(26)6-5-7-21(19)27)23(30)12-13-32-18-10-8-17(25)9-11-18/h5-11,16,22H,4,12-15H2,1-3H3,(H,28,31)/t22-/m0/s1. The third kappa shape index (κ3) is 8.18. The lowest BCUT2D eigenvalue weighted by Crippen LogP contribution is -2.49. The van der Waals surface area contributed by atoms with Crippen molar-refractivity contribution in [2.45, 2.75) is 51.1 Å². The average Bonchev–Trinajstić information content (AvgIpc) is 2.75. The van der Waals surface area contributed by atoms with Gasteiger partial charge < -0.3 is 10.2 Å². The molecule has 0 heterocycles. The molecule has 32 heavy (non-hydrogen) atoms. The second-order valence-electron chi connectivity index (χ2n) is 7.84. The summed E-state index contributed by atoms with van der Waals surface area (Å²) in [5.74, 6) is 0.614. The van der Waals surface area contributed by atoms with Crippen LogP contribution in [0, 0.1) is 5.92 Å². The number of nitrogens with one attached hydrogen (secondary N) is 1. The van der Waals surface area contributed by atoms with Crippen LogP contribution in [0.4, 0.5) is 0 Å². The third-order valence-electron chi connectivity index (χ3n) is 4.86. The summed E-state index contributed by atoms with van der Waals surface area (Å²) >= 11 is 20.2. The van der Waals surface area contributed by atoms with Crippen LogP contribution in [-0.4, -0.2) is 35.1 Å². The van der Waals surface area contributed by atoms with Crippen molar-refractivity contribution in [1.82, 2.24) is 10.2 Å². The zero-order valence-corrected chi connectivity index (χ0v) is 21.6. The minimum absolute atomic E-state index is 0.117. The van der Waals surface area contributed by atoms with E-state index in [4.69, 9.17) is 34.8 Å². The van der Waals surface area contributed by atoms with Crippen molar-refractivity contribution in [3.05, 3.63) is 63.1 Å². The first-order valence-corrected chi connectivity index (χ1v) is 12.7. The number of carbonyl (C=O) groups excluding carboxylic acids is 2. The molecule has 0 saturated heterocycles. The fraction of sp³-hybridized carbons (Fsp3) is 0.417. The molecule has 2 aromatic carbocycles. The van der Waals surface area contributed by atoms with Crippen molar-refractivity contribution >= 4 is 58.4 Å². The van der Waals surface area contributed by atoms with Crippen molar-refractivity contribution < 1.29 is 9.59 Å². The summed E-state index contributed by atoms with van der Waals surface area (Å²) < 4.78 is 0. The second-order valence-corrected chi connectivity index (χ2v) is 10.3. The molecule has 0 radical (unpaired) electrons. The van der Waals surface area contributed by atoms with E-state index in [0.29, 0.717) is 45.3 Å². The predicted molar refractivity (Wildman–Crippen MR) is 136 cm³/mol. The van der Waals surface area contributed by atoms with Gasteiger partial charge in [-0.3, -0.25) is 9.59 Å². The number of hydrogen-bond acceptors (Lipinski definition) is 3. The summed E-state index contributed by atoms with van der Waals surface area (Å²) in [4.78, 5) is 28.8. The van der Waals surface area contributed by atoms with E-state index in [-0.39, 0.29) is 24.8 Å². The Hall–Kier alpha value is -1.40. The van der Waals surface area contributed by atoms with Crippen molar-refractivity contribution in [2.75, 3.05) is 12.3 Å². The highest BCUT2D eigenvalue weighted by molar-refractivity contribution is 7.99. The van der Waals surface area contributed by atoms with E-state index in [0.717, 1.165) is 4.90 Å². The normalized spacial score (nSPS) is 12.0. The number of benzene rings is 2. The average molecular weight is 516 g/mol. The summed E-state index contributed by atoms with van der Waals surface area (Å²) in [5.41, 5.74) is 0.643. The zero-order chi connectivity index (χ0) is 23.7. The fourth-order valence-corrected chi connectivity index (χ4v) is 4.61. The molecule has 0 unspecified atom stereocenters. The first kappa shape index (κ1) is 26.8. The van der Waals surface area contributed by atoms with Gasteiger partial charge in [-0.25, -0.2) is 0 Å². The molecule has 0 fully saturated rings. The van der Waals surface area contributed by atoms with Crippen molar-refractivity contribution in [3.63, 3.8) is 0 Å². The van der Waals surface area contributed by atoms with E-state index in [1.807, 2.05) is 45.0 Å². The summed E-state index contributed by atoms with van der Waals surface area (Å²) in [5, 5.41) is 4.58. The van der Waals surface area contributed by atoms with Gasteiger partial charge in [-0.15, -0.1) is 11.8 Å². The lowest BCUT2D eigenvalue weighted by Gasteiger charge is -2.31. The first-order chi connectivity index (χ1) is 15.2. The van der Waals surface area contributed by atoms with Crippen molar-refractivity contribution in [2.24, 2.45) is 5.92 Å². The molecule has 174 valence electrons. The molecule has 0 aliphatic carbocycles. The Morgan fingerprint density at radius 1 is 1.03 bits per heavy atom. The molecule has 2 aromatic rings. The lowest BCUT2D eigenvalue weighted by molar-refractivity contribution is -0.141. The summed E-state index contributed by atoms with van der Waals surface area (Å²) in [6.07, 6.45) is 0.769. The third-order valence-corrected chi connectivity index (χ3v) is 6.83. The highest BCUT2D eigenvalue weighted by atomic mass is 35.5. The van der Waals surface area contributed by atoms with Crippen molar-refractivity contribution in [3.8, 4) is 0 Å². The molecule has 8 heteroatoms. The van der Waals surface area contributed by atoms with Crippen LogP contribution in [0.15, 0.2) is 47.4 Å². The molecule has 0 saturated carbocycles. The van der Waals surface area contributed by atoms with E-state index in [2.05, 4.69) is 5.32 Å². The quantitative estimate of drug-likeness (QED) is 0.338. The fourth-order valence-electron chi connectivity index (χ4n) is 3.13. The molecular formula is C24H29Cl3N2O2S. The predicted octanol–water partition coefficient (Wildman–Crippen LogP) is 6.71. The Morgan fingerprint density at radius 2 is 1.66 bits per heavy atom. The van der Waals surface area contributed by atoms with Crippen LogP contribution < -0.4 is 5.32 Å². The molecule has 0 aliphatic rings. The number of thioether (sulfide) groups is 1. The summed E-state index contributed by atoms with van der Waals surface area (Å²) in [6.45, 7) is 6.69. The Kier molecular flexibility index (Phi) is 11.2. The molecule has 2 amide bonds. The van der Waals surface area contributed by atoms with Crippen LogP contribution in [0.25, 0.3) is 0 Å². The van der Waals surface area contributed by atoms with Gasteiger partial charge in [0, 0.05) is 50.8 Å². The van der Waals surface area contributed by atoms with Gasteiger partial charge in [-0.05, 0) is 48.7 Å². The Balaban J connectivity index is 2.18. The molecular weight excluding hydrogens is 487 g/mol. The number of carbonyl (C=O) groups is 2. The maximum Gasteiger partial charge on any atom is 0.242 e. The molecule has 0 aromatic heterocycles. The number of amides is 2. The van der Waals surface area contributed by atoms with Gasteiger partial charge in [0.25, 0.3) is 0 Å². The molecule has 2 rings (SSSR count). The van der Waals surface area contributed by atoms with Crippen LogP contribution in [0.1, 0.15) is 39.2 Å². The minimum atomic E-state index is -0.603. The van der Waals surface area contributed by atoms with Crippen LogP contribution in [0.3, 0.4) is 0 Å². The van der Waals surface area contributed by atoms with E-state index >= 15 is 0 Å². The van der Waals surface area contributed by atoms with Gasteiger partial charge >= 0.3 is 0 Å². The Labute approximate surface area is 210 Å². The molecule has 0 bridgehead atoms. The smallest absolute Gasteiger partial charge is 0.242 e. The van der Waals surface area contributed by atoms with Crippen molar-refractivity contribution in [1.29, 1.82) is 0 Å². The topological polar surface area (TPSA) is 49.4 Å². The van der Waals surface area contributed by atoms with E-state index < -0.39 is 6.04 Å². The zero-order valence-electron chi connectivity index (χ0n) is 18.5. The van der Waals surface area contributed by atoms with Gasteiger partial charge in [0.05, 0.1) is 0 Å². The lowest BCUT2D eigenvalue weighted by atomic mass is 10.1. The summed E-state index contributed by atoms with van der Waals surface area (Å²) in [7, 11) is 0. The second kappa shape index (κ2) is 13.3. The van der Waals surface area contributed by atoms with Crippen LogP contribution in [0.2, 0.25) is 15.1 Å². The molecule has 0 spiro atoms. The van der Waals surface area contributed by atoms with Gasteiger partial charge in [-0.2, -0.15) is 0 Å². The van der Waals surface area contributed by atoms with Crippen LogP contribution in [-0.2, 0) is 16.1 Å². The number of halogens is 3. The Bertz CT molecular complexity index is 886. The van der Waals surface area contributed by atoms with Gasteiger partial charge in [0.15, 0.2) is 0 Å². The van der Waals surface area contributed by atoms with Gasteiger partial charge in [0.2, 0.25) is 11.8 Å². The highest BCUT2D eigenvalue weighted by Gasteiger charge is 2.29. The highest BCUT2D eigenvalue weighted by Crippen LogP contribution is 2.28. The van der Waals surface area contributed by atoms with Crippen LogP contribution in [0.5, 0.6) is 0 Å². The largest absolute Gasteiger partial charge is 0.354 e. The number of nitrogens with zero attached hydrogens (tertiary/aromatic N) is 1. The molecule has 1 atom stereocenters. The first-order valence-electron chi connectivity index (χ1n) is 10.6. The van der Waals surface area contributed by atoms with Crippen LogP contribution >= 0.6 is 46.6 Å². The van der Waals surface area contributed by atoms with E-state index in [9.17, 15) is 9.59 Å². The monoisotopic (exact) mass is 514 g/mol. The van der Waals surface area contributed by atoms with Gasteiger partial charge in [-0.1, -0.05) is 61.6 Å². The molecule has 1 N–H and O–H groups in total. The molecule has 0 aliphatic heterocycles. The van der Waals surface area contributed by atoms with E-state index in [1.54, 1.807) is 34.9 Å². The maximum absolute atomic E-state index is 13.3. The Morgan fingerprint density at radius 3 is 2.22 bits per heavy atom. The minimum Gasteiger partial charge on any atom is -0.354 e. The number of rotatable bonds is 11. The van der Waals surface area contributed by atoms with E-state index in [1.165, 1.54) is 0 Å². The SMILES string of the molecule is CC[C@@H](C(=O)NCC(C)C)N(Cc1c(Cl)cccc1Cl)C(=O)CCSc1ccc(Cl)cc1. The van der Waals surface area contributed by atoms with Gasteiger partial charge in [0.1, 0.15) is 6.04 Å². The number of hydrogen-bond donors (Lipinski definition) is 1. The maximum atomic E-state index is 13.3.